The molecule has 11 rings (SSSR count). The van der Waals surface area contributed by atoms with Gasteiger partial charge in [0.25, 0.3) is 0 Å². The van der Waals surface area contributed by atoms with Crippen molar-refractivity contribution in [3.63, 3.8) is 0 Å². The fourth-order valence-corrected chi connectivity index (χ4v) is 11.1. The summed E-state index contributed by atoms with van der Waals surface area (Å²) in [6.07, 6.45) is 1.30. The van der Waals surface area contributed by atoms with Crippen LogP contribution in [0.2, 0.25) is 0 Å². The highest BCUT2D eigenvalue weighted by Gasteiger charge is 2.32. The largest absolute Gasteiger partial charge is 0.490 e. The average molecular weight is 967 g/mol. The fraction of sp³-hybridized carbons (Fsp3) is 0.171. The monoisotopic (exact) mass is 966 g/mol. The number of rotatable bonds is 16. The van der Waals surface area contributed by atoms with Gasteiger partial charge in [-0.15, -0.1) is 0 Å². The summed E-state index contributed by atoms with van der Waals surface area (Å²) in [6, 6.07) is 79.0. The predicted molar refractivity (Wildman–Crippen MR) is 308 cm³/mol. The molecule has 4 nitrogen and oxygen atoms in total. The number of fused-ring (bicyclic) bond motifs is 4. The van der Waals surface area contributed by atoms with Crippen molar-refractivity contribution in [2.45, 2.75) is 51.4 Å². The summed E-state index contributed by atoms with van der Waals surface area (Å²) in [7, 11) is 0. The van der Waals surface area contributed by atoms with E-state index >= 15 is 0 Å². The van der Waals surface area contributed by atoms with Crippen molar-refractivity contribution < 1.29 is 19.7 Å². The number of hydrogen-bond acceptors (Lipinski definition) is 4. The molecule has 0 atom stereocenters. The Balaban J connectivity index is 1.06. The first kappa shape index (κ1) is 48.3. The van der Waals surface area contributed by atoms with Gasteiger partial charge in [0.15, 0.2) is 0 Å². The van der Waals surface area contributed by atoms with Crippen LogP contribution in [0, 0.1) is 0 Å². The molecule has 0 saturated carbocycles. The molecule has 366 valence electrons. The summed E-state index contributed by atoms with van der Waals surface area (Å²) in [5.74, 6) is 1.59. The van der Waals surface area contributed by atoms with E-state index in [1.165, 1.54) is 54.9 Å². The Kier molecular flexibility index (Phi) is 13.4. The highest BCUT2D eigenvalue weighted by molar-refractivity contribution is 6.00. The molecule has 0 aliphatic rings. The zero-order chi connectivity index (χ0) is 50.8. The minimum atomic E-state index is -0.462. The molecule has 2 N–H and O–H groups in total. The van der Waals surface area contributed by atoms with E-state index in [2.05, 4.69) is 246 Å². The number of aliphatic hydroxyl groups is 2. The van der Waals surface area contributed by atoms with E-state index in [1.54, 1.807) is 0 Å². The van der Waals surface area contributed by atoms with Crippen LogP contribution in [0.15, 0.2) is 218 Å². The second-order valence-corrected chi connectivity index (χ2v) is 20.8. The van der Waals surface area contributed by atoms with Crippen LogP contribution in [0.1, 0.15) is 72.2 Å². The summed E-state index contributed by atoms with van der Waals surface area (Å²) in [4.78, 5) is 0. The number of benzene rings is 11. The Morgan fingerprint density at radius 1 is 0.324 bits per heavy atom. The molecular formula is C70H62O4. The molecule has 0 aliphatic heterocycles. The first-order valence-corrected chi connectivity index (χ1v) is 25.9. The molecule has 0 radical (unpaired) electrons. The normalized spacial score (nSPS) is 12.0. The molecule has 0 spiro atoms. The summed E-state index contributed by atoms with van der Waals surface area (Å²) in [5.41, 5.74) is 12.5. The first-order chi connectivity index (χ1) is 36.1. The van der Waals surface area contributed by atoms with Gasteiger partial charge < -0.3 is 19.7 Å². The molecule has 11 aromatic rings. The van der Waals surface area contributed by atoms with Gasteiger partial charge in [-0.1, -0.05) is 234 Å². The van der Waals surface area contributed by atoms with Crippen molar-refractivity contribution in [3.8, 4) is 33.8 Å². The Hall–Kier alpha value is -8.02. The van der Waals surface area contributed by atoms with E-state index in [1.807, 2.05) is 0 Å². The maximum Gasteiger partial charge on any atom is 0.130 e. The predicted octanol–water partition coefficient (Wildman–Crippen LogP) is 16.2. The van der Waals surface area contributed by atoms with Crippen LogP contribution in [0.4, 0.5) is 0 Å². The van der Waals surface area contributed by atoms with Crippen LogP contribution in [0.3, 0.4) is 0 Å². The molecule has 0 amide bonds. The highest BCUT2D eigenvalue weighted by atomic mass is 16.5. The molecule has 74 heavy (non-hydrogen) atoms. The Labute approximate surface area is 435 Å². The van der Waals surface area contributed by atoms with E-state index in [4.69, 9.17) is 9.47 Å². The van der Waals surface area contributed by atoms with Crippen molar-refractivity contribution in [1.29, 1.82) is 0 Å². The topological polar surface area (TPSA) is 58.9 Å². The van der Waals surface area contributed by atoms with Gasteiger partial charge in [0.1, 0.15) is 24.7 Å². The third kappa shape index (κ3) is 9.44. The van der Waals surface area contributed by atoms with Crippen molar-refractivity contribution in [2.24, 2.45) is 0 Å². The lowest BCUT2D eigenvalue weighted by atomic mass is 9.72. The number of ether oxygens (including phenoxy) is 2. The van der Waals surface area contributed by atoms with Crippen LogP contribution < -0.4 is 9.47 Å². The zero-order valence-electron chi connectivity index (χ0n) is 42.7. The van der Waals surface area contributed by atoms with Crippen molar-refractivity contribution in [1.82, 2.24) is 0 Å². The number of hydrogen-bond donors (Lipinski definition) is 2. The minimum Gasteiger partial charge on any atom is -0.490 e. The van der Waals surface area contributed by atoms with E-state index in [0.717, 1.165) is 66.4 Å². The number of aliphatic hydroxyl groups excluding tert-OH is 2. The van der Waals surface area contributed by atoms with Crippen LogP contribution in [0.25, 0.3) is 65.3 Å². The Morgan fingerprint density at radius 2 is 0.703 bits per heavy atom. The third-order valence-corrected chi connectivity index (χ3v) is 15.3. The van der Waals surface area contributed by atoms with Gasteiger partial charge in [-0.05, 0) is 111 Å². The summed E-state index contributed by atoms with van der Waals surface area (Å²) >= 11 is 0. The quantitative estimate of drug-likeness (QED) is 0.101. The van der Waals surface area contributed by atoms with Crippen LogP contribution in [-0.4, -0.2) is 36.6 Å². The highest BCUT2D eigenvalue weighted by Crippen LogP contribution is 2.47. The average Bonchev–Trinajstić information content (AvgIpc) is 3.43. The Bertz CT molecular complexity index is 3590. The van der Waals surface area contributed by atoms with Crippen molar-refractivity contribution >= 4 is 43.1 Å². The van der Waals surface area contributed by atoms with Gasteiger partial charge in [-0.2, -0.15) is 0 Å². The van der Waals surface area contributed by atoms with Gasteiger partial charge in [-0.3, -0.25) is 0 Å². The smallest absolute Gasteiger partial charge is 0.130 e. The second kappa shape index (κ2) is 20.5. The molecule has 0 fully saturated rings. The molecule has 0 aliphatic carbocycles. The fourth-order valence-electron chi connectivity index (χ4n) is 11.1. The molecule has 0 bridgehead atoms. The lowest BCUT2D eigenvalue weighted by Gasteiger charge is -2.33. The molecule has 11 aromatic carbocycles. The third-order valence-electron chi connectivity index (χ3n) is 15.3. The summed E-state index contributed by atoms with van der Waals surface area (Å²) in [5, 5.41) is 29.8. The molecule has 0 heterocycles. The summed E-state index contributed by atoms with van der Waals surface area (Å²) < 4.78 is 13.3. The minimum absolute atomic E-state index is 0.0903. The molecule has 0 aromatic heterocycles. The summed E-state index contributed by atoms with van der Waals surface area (Å²) in [6.45, 7) is 9.53. The van der Waals surface area contributed by atoms with E-state index < -0.39 is 10.8 Å². The van der Waals surface area contributed by atoms with Crippen molar-refractivity contribution in [3.05, 3.63) is 263 Å². The Morgan fingerprint density at radius 3 is 1.14 bits per heavy atom. The van der Waals surface area contributed by atoms with E-state index in [-0.39, 0.29) is 26.4 Å². The lowest BCUT2D eigenvalue weighted by molar-refractivity contribution is 0.201. The maximum absolute atomic E-state index is 10.2. The molecular weight excluding hydrogens is 905 g/mol. The maximum atomic E-state index is 10.2. The van der Waals surface area contributed by atoms with Crippen LogP contribution in [0.5, 0.6) is 11.5 Å². The lowest BCUT2D eigenvalue weighted by Crippen LogP contribution is -2.24. The van der Waals surface area contributed by atoms with Gasteiger partial charge in [0, 0.05) is 34.8 Å². The molecule has 0 unspecified atom stereocenters. The van der Waals surface area contributed by atoms with Gasteiger partial charge in [0.2, 0.25) is 0 Å². The van der Waals surface area contributed by atoms with Crippen molar-refractivity contribution in [2.75, 3.05) is 26.4 Å². The van der Waals surface area contributed by atoms with Gasteiger partial charge >= 0.3 is 0 Å². The second-order valence-electron chi connectivity index (χ2n) is 20.8. The van der Waals surface area contributed by atoms with Crippen LogP contribution >= 0.6 is 0 Å². The van der Waals surface area contributed by atoms with E-state index in [9.17, 15) is 10.2 Å². The van der Waals surface area contributed by atoms with Gasteiger partial charge in [-0.25, -0.2) is 0 Å². The van der Waals surface area contributed by atoms with Gasteiger partial charge in [0.05, 0.1) is 13.2 Å². The standard InChI is InChI=1S/C70H62O4/c1-69(2,59-42-55(40-47-30-32-49-16-5-7-20-53(49)38-47)67(73-36-34-71)65(45-59)63-28-13-22-51-18-9-11-26-61(51)63)57-24-15-25-58(44-57)70(3,4)60-43-56(41-48-31-33-50-17-6-8-21-54(50)39-48)68(74-37-35-72)66(46-60)64-29-14-23-52-19-10-12-27-62(52)64/h5-33,38-39,42-46,71-72H,34-37,40-41H2,1-4H3. The van der Waals surface area contributed by atoms with Crippen LogP contribution in [-0.2, 0) is 23.7 Å². The zero-order valence-corrected chi connectivity index (χ0v) is 42.7. The first-order valence-electron chi connectivity index (χ1n) is 25.9. The molecule has 4 heteroatoms. The molecule has 0 saturated heterocycles. The SMILES string of the molecule is CC(C)(c1cccc(C(C)(C)c2cc(Cc3ccc4ccccc4c3)c(OCCO)c(-c3cccc4ccccc34)c2)c1)c1cc(Cc2ccc3ccccc3c2)c(OCCO)c(-c2cccc3ccccc23)c1. The van der Waals surface area contributed by atoms with E-state index in [0.29, 0.717) is 12.8 Å².